The maximum absolute atomic E-state index is 5.43. The molecule has 0 amide bonds. The number of nitrogens with zero attached hydrogens (tertiary/aromatic N) is 2. The SMILES string of the molecule is CCNC(CC)c1nnc(-c2ccc(OC)cc2OC)s1. The Kier molecular flexibility index (Phi) is 5.52. The molecule has 2 aromatic rings. The van der Waals surface area contributed by atoms with Gasteiger partial charge >= 0.3 is 0 Å². The average Bonchev–Trinajstić information content (AvgIpc) is 3.01. The van der Waals surface area contributed by atoms with Crippen molar-refractivity contribution in [1.29, 1.82) is 0 Å². The van der Waals surface area contributed by atoms with Gasteiger partial charge in [-0.15, -0.1) is 10.2 Å². The standard InChI is InChI=1S/C15H21N3O2S/c1-5-12(16-6-2)15-18-17-14(21-15)11-8-7-10(19-3)9-13(11)20-4/h7-9,12,16H,5-6H2,1-4H3. The van der Waals surface area contributed by atoms with Crippen LogP contribution >= 0.6 is 11.3 Å². The first-order valence-electron chi connectivity index (χ1n) is 7.02. The fraction of sp³-hybridized carbons (Fsp3) is 0.467. The summed E-state index contributed by atoms with van der Waals surface area (Å²) in [7, 11) is 3.29. The molecular weight excluding hydrogens is 286 g/mol. The number of methoxy groups -OCH3 is 2. The summed E-state index contributed by atoms with van der Waals surface area (Å²) in [6, 6.07) is 5.97. The van der Waals surface area contributed by atoms with Crippen LogP contribution in [0.3, 0.4) is 0 Å². The number of benzene rings is 1. The van der Waals surface area contributed by atoms with Crippen molar-refractivity contribution in [3.05, 3.63) is 23.2 Å². The van der Waals surface area contributed by atoms with Gasteiger partial charge in [-0.25, -0.2) is 0 Å². The fourth-order valence-corrected chi connectivity index (χ4v) is 3.14. The van der Waals surface area contributed by atoms with Crippen molar-refractivity contribution < 1.29 is 9.47 Å². The smallest absolute Gasteiger partial charge is 0.151 e. The highest BCUT2D eigenvalue weighted by Crippen LogP contribution is 2.36. The van der Waals surface area contributed by atoms with Gasteiger partial charge in [-0.3, -0.25) is 0 Å². The third-order valence-electron chi connectivity index (χ3n) is 3.24. The molecule has 1 unspecified atom stereocenters. The third kappa shape index (κ3) is 3.51. The van der Waals surface area contributed by atoms with E-state index in [2.05, 4.69) is 29.4 Å². The number of hydrogen-bond donors (Lipinski definition) is 1. The molecule has 1 atom stereocenters. The molecule has 2 rings (SSSR count). The van der Waals surface area contributed by atoms with Crippen LogP contribution in [0.4, 0.5) is 0 Å². The number of hydrogen-bond acceptors (Lipinski definition) is 6. The molecule has 0 aliphatic heterocycles. The molecule has 0 aliphatic rings. The predicted molar refractivity (Wildman–Crippen MR) is 85.2 cm³/mol. The molecule has 0 spiro atoms. The highest BCUT2D eigenvalue weighted by Gasteiger charge is 2.17. The van der Waals surface area contributed by atoms with Crippen LogP contribution in [0.1, 0.15) is 31.3 Å². The number of ether oxygens (including phenoxy) is 2. The molecule has 6 heteroatoms. The van der Waals surface area contributed by atoms with Gasteiger partial charge < -0.3 is 14.8 Å². The summed E-state index contributed by atoms with van der Waals surface area (Å²) in [6.45, 7) is 5.15. The second-order valence-electron chi connectivity index (χ2n) is 4.53. The second-order valence-corrected chi connectivity index (χ2v) is 5.54. The van der Waals surface area contributed by atoms with Gasteiger partial charge in [0.15, 0.2) is 5.01 Å². The van der Waals surface area contributed by atoms with E-state index in [-0.39, 0.29) is 6.04 Å². The molecule has 0 aliphatic carbocycles. The quantitative estimate of drug-likeness (QED) is 0.850. The highest BCUT2D eigenvalue weighted by molar-refractivity contribution is 7.14. The van der Waals surface area contributed by atoms with Crippen LogP contribution in [0.2, 0.25) is 0 Å². The minimum absolute atomic E-state index is 0.255. The second kappa shape index (κ2) is 7.38. The van der Waals surface area contributed by atoms with Gasteiger partial charge in [0.25, 0.3) is 0 Å². The van der Waals surface area contributed by atoms with Crippen molar-refractivity contribution in [3.8, 4) is 22.1 Å². The van der Waals surface area contributed by atoms with E-state index < -0.39 is 0 Å². The molecule has 1 aromatic heterocycles. The summed E-state index contributed by atoms with van der Waals surface area (Å²) in [5.41, 5.74) is 0.938. The summed E-state index contributed by atoms with van der Waals surface area (Å²) in [5, 5.41) is 13.9. The maximum Gasteiger partial charge on any atom is 0.151 e. The topological polar surface area (TPSA) is 56.3 Å². The van der Waals surface area contributed by atoms with Crippen LogP contribution in [0.15, 0.2) is 18.2 Å². The van der Waals surface area contributed by atoms with Crippen molar-refractivity contribution in [1.82, 2.24) is 15.5 Å². The van der Waals surface area contributed by atoms with Crippen LogP contribution in [-0.2, 0) is 0 Å². The van der Waals surface area contributed by atoms with Gasteiger partial charge in [0.2, 0.25) is 0 Å². The summed E-state index contributed by atoms with van der Waals surface area (Å²) < 4.78 is 10.6. The van der Waals surface area contributed by atoms with Crippen LogP contribution < -0.4 is 14.8 Å². The Labute approximate surface area is 129 Å². The average molecular weight is 307 g/mol. The third-order valence-corrected chi connectivity index (χ3v) is 4.31. The van der Waals surface area contributed by atoms with Crippen LogP contribution in [-0.4, -0.2) is 31.0 Å². The van der Waals surface area contributed by atoms with E-state index in [1.165, 1.54) is 0 Å². The monoisotopic (exact) mass is 307 g/mol. The van der Waals surface area contributed by atoms with Gasteiger partial charge in [0.05, 0.1) is 25.8 Å². The summed E-state index contributed by atoms with van der Waals surface area (Å²) in [6.07, 6.45) is 0.988. The number of nitrogens with one attached hydrogen (secondary N) is 1. The Morgan fingerprint density at radius 2 is 2.00 bits per heavy atom. The van der Waals surface area contributed by atoms with Gasteiger partial charge in [0, 0.05) is 6.07 Å². The zero-order valence-corrected chi connectivity index (χ0v) is 13.7. The number of aromatic nitrogens is 2. The molecule has 0 bridgehead atoms. The van der Waals surface area contributed by atoms with E-state index >= 15 is 0 Å². The lowest BCUT2D eigenvalue weighted by Crippen LogP contribution is -2.19. The van der Waals surface area contributed by atoms with Crippen molar-refractivity contribution in [2.45, 2.75) is 26.3 Å². The molecule has 0 radical (unpaired) electrons. The van der Waals surface area contributed by atoms with E-state index in [4.69, 9.17) is 9.47 Å². The first-order valence-corrected chi connectivity index (χ1v) is 7.84. The van der Waals surface area contributed by atoms with Crippen LogP contribution in [0.5, 0.6) is 11.5 Å². The zero-order valence-electron chi connectivity index (χ0n) is 12.8. The zero-order chi connectivity index (χ0) is 15.2. The predicted octanol–water partition coefficient (Wildman–Crippen LogP) is 3.28. The van der Waals surface area contributed by atoms with Gasteiger partial charge in [-0.1, -0.05) is 25.2 Å². The molecule has 21 heavy (non-hydrogen) atoms. The molecule has 1 N–H and O–H groups in total. The van der Waals surface area contributed by atoms with Crippen LogP contribution in [0, 0.1) is 0 Å². The lowest BCUT2D eigenvalue weighted by molar-refractivity contribution is 0.395. The first-order chi connectivity index (χ1) is 10.2. The fourth-order valence-electron chi connectivity index (χ4n) is 2.11. The Hall–Kier alpha value is -1.66. The molecule has 5 nitrogen and oxygen atoms in total. The number of rotatable bonds is 7. The Bertz CT molecular complexity index is 586. The normalized spacial score (nSPS) is 12.2. The van der Waals surface area contributed by atoms with Crippen LogP contribution in [0.25, 0.3) is 10.6 Å². The molecule has 1 aromatic carbocycles. The van der Waals surface area contributed by atoms with Crippen molar-refractivity contribution in [2.24, 2.45) is 0 Å². The van der Waals surface area contributed by atoms with Gasteiger partial charge in [-0.05, 0) is 25.1 Å². The van der Waals surface area contributed by atoms with Gasteiger partial charge in [-0.2, -0.15) is 0 Å². The van der Waals surface area contributed by atoms with Crippen molar-refractivity contribution in [3.63, 3.8) is 0 Å². The Morgan fingerprint density at radius 3 is 2.62 bits per heavy atom. The van der Waals surface area contributed by atoms with E-state index in [0.717, 1.165) is 40.0 Å². The lowest BCUT2D eigenvalue weighted by atomic mass is 10.2. The summed E-state index contributed by atoms with van der Waals surface area (Å²) in [5.74, 6) is 1.51. The highest BCUT2D eigenvalue weighted by atomic mass is 32.1. The van der Waals surface area contributed by atoms with Gasteiger partial charge in [0.1, 0.15) is 16.5 Å². The van der Waals surface area contributed by atoms with E-state index in [1.54, 1.807) is 25.6 Å². The first kappa shape index (κ1) is 15.7. The molecule has 0 fully saturated rings. The largest absolute Gasteiger partial charge is 0.497 e. The molecular formula is C15H21N3O2S. The Morgan fingerprint density at radius 1 is 1.19 bits per heavy atom. The lowest BCUT2D eigenvalue weighted by Gasteiger charge is -2.11. The van der Waals surface area contributed by atoms with Crippen molar-refractivity contribution in [2.75, 3.05) is 20.8 Å². The van der Waals surface area contributed by atoms with E-state index in [9.17, 15) is 0 Å². The molecule has 0 saturated carbocycles. The summed E-state index contributed by atoms with van der Waals surface area (Å²) in [4.78, 5) is 0. The molecule has 0 saturated heterocycles. The molecule has 114 valence electrons. The van der Waals surface area contributed by atoms with E-state index in [1.807, 2.05) is 18.2 Å². The van der Waals surface area contributed by atoms with E-state index in [0.29, 0.717) is 0 Å². The molecule has 1 heterocycles. The minimum Gasteiger partial charge on any atom is -0.497 e. The maximum atomic E-state index is 5.43. The summed E-state index contributed by atoms with van der Waals surface area (Å²) >= 11 is 1.60. The Balaban J connectivity index is 2.32. The minimum atomic E-state index is 0.255. The van der Waals surface area contributed by atoms with Crippen molar-refractivity contribution >= 4 is 11.3 Å².